The summed E-state index contributed by atoms with van der Waals surface area (Å²) >= 11 is 0. The molecule has 0 atom stereocenters. The molecule has 0 fully saturated rings. The Morgan fingerprint density at radius 2 is 2.26 bits per heavy atom. The van der Waals surface area contributed by atoms with Gasteiger partial charge in [-0.15, -0.1) is 0 Å². The first-order chi connectivity index (χ1) is 9.16. The van der Waals surface area contributed by atoms with E-state index in [0.717, 1.165) is 5.56 Å². The Kier molecular flexibility index (Phi) is 3.87. The standard InChI is InChI=1S/C14H13N3O2/c1-10-4-5-11(13(18)7-10)9-16-17-14(19)12-3-2-6-15-8-12/h2-9,18H,1H3,(H,17,19)/b16-9+. The van der Waals surface area contributed by atoms with Gasteiger partial charge in [-0.1, -0.05) is 6.07 Å². The van der Waals surface area contributed by atoms with Crippen LogP contribution in [0.5, 0.6) is 5.75 Å². The summed E-state index contributed by atoms with van der Waals surface area (Å²) in [6.07, 6.45) is 4.43. The monoisotopic (exact) mass is 255 g/mol. The number of phenolic OH excluding ortho intramolecular Hbond substituents is 1. The molecule has 0 saturated heterocycles. The molecule has 96 valence electrons. The number of rotatable bonds is 3. The molecule has 0 aliphatic rings. The fraction of sp³-hybridized carbons (Fsp3) is 0.0714. The summed E-state index contributed by atoms with van der Waals surface area (Å²) in [7, 11) is 0. The Morgan fingerprint density at radius 1 is 1.42 bits per heavy atom. The van der Waals surface area contributed by atoms with Gasteiger partial charge in [0.15, 0.2) is 0 Å². The van der Waals surface area contributed by atoms with E-state index in [9.17, 15) is 9.90 Å². The highest BCUT2D eigenvalue weighted by molar-refractivity contribution is 5.94. The van der Waals surface area contributed by atoms with Crippen LogP contribution in [0.4, 0.5) is 0 Å². The molecule has 5 nitrogen and oxygen atoms in total. The van der Waals surface area contributed by atoms with Gasteiger partial charge in [0.25, 0.3) is 5.91 Å². The van der Waals surface area contributed by atoms with E-state index in [4.69, 9.17) is 0 Å². The van der Waals surface area contributed by atoms with Gasteiger partial charge >= 0.3 is 0 Å². The summed E-state index contributed by atoms with van der Waals surface area (Å²) in [5.74, 6) is -0.227. The maximum Gasteiger partial charge on any atom is 0.272 e. The molecule has 0 unspecified atom stereocenters. The number of hydrazone groups is 1. The lowest BCUT2D eigenvalue weighted by molar-refractivity contribution is 0.0954. The van der Waals surface area contributed by atoms with Crippen LogP contribution >= 0.6 is 0 Å². The number of hydrogen-bond acceptors (Lipinski definition) is 4. The Morgan fingerprint density at radius 3 is 2.95 bits per heavy atom. The average Bonchev–Trinajstić information content (AvgIpc) is 2.42. The van der Waals surface area contributed by atoms with E-state index < -0.39 is 0 Å². The van der Waals surface area contributed by atoms with Gasteiger partial charge in [-0.25, -0.2) is 5.43 Å². The highest BCUT2D eigenvalue weighted by Gasteiger charge is 2.03. The highest BCUT2D eigenvalue weighted by Crippen LogP contribution is 2.15. The quantitative estimate of drug-likeness (QED) is 0.649. The van der Waals surface area contributed by atoms with Crippen molar-refractivity contribution in [2.75, 3.05) is 0 Å². The summed E-state index contributed by atoms with van der Waals surface area (Å²) in [5.41, 5.74) is 4.28. The molecular weight excluding hydrogens is 242 g/mol. The van der Waals surface area contributed by atoms with Crippen LogP contribution in [0.25, 0.3) is 0 Å². The Bertz CT molecular complexity index is 609. The predicted molar refractivity (Wildman–Crippen MR) is 72.1 cm³/mol. The molecule has 5 heteroatoms. The van der Waals surface area contributed by atoms with Crippen molar-refractivity contribution in [3.63, 3.8) is 0 Å². The number of pyridine rings is 1. The van der Waals surface area contributed by atoms with Crippen LogP contribution in [0.1, 0.15) is 21.5 Å². The van der Waals surface area contributed by atoms with E-state index in [-0.39, 0.29) is 11.7 Å². The van der Waals surface area contributed by atoms with Crippen molar-refractivity contribution in [1.29, 1.82) is 0 Å². The van der Waals surface area contributed by atoms with Gasteiger partial charge in [0.1, 0.15) is 5.75 Å². The number of carbonyl (C=O) groups excluding carboxylic acids is 1. The zero-order valence-corrected chi connectivity index (χ0v) is 10.4. The first-order valence-corrected chi connectivity index (χ1v) is 5.70. The van der Waals surface area contributed by atoms with Gasteiger partial charge in [0, 0.05) is 18.0 Å². The number of phenols is 1. The Balaban J connectivity index is 2.02. The van der Waals surface area contributed by atoms with Crippen LogP contribution in [-0.4, -0.2) is 22.2 Å². The molecule has 0 radical (unpaired) electrons. The molecule has 2 aromatic rings. The van der Waals surface area contributed by atoms with Crippen LogP contribution < -0.4 is 5.43 Å². The van der Waals surface area contributed by atoms with Crippen molar-refractivity contribution >= 4 is 12.1 Å². The number of amides is 1. The number of benzene rings is 1. The van der Waals surface area contributed by atoms with Crippen LogP contribution in [0.3, 0.4) is 0 Å². The summed E-state index contributed by atoms with van der Waals surface area (Å²) in [6, 6.07) is 8.52. The van der Waals surface area contributed by atoms with E-state index in [1.54, 1.807) is 30.5 Å². The van der Waals surface area contributed by atoms with Crippen molar-refractivity contribution in [3.8, 4) is 5.75 Å². The molecule has 1 aromatic heterocycles. The molecule has 0 aliphatic carbocycles. The lowest BCUT2D eigenvalue weighted by Crippen LogP contribution is -2.17. The molecule has 0 spiro atoms. The van der Waals surface area contributed by atoms with Gasteiger partial charge in [0.05, 0.1) is 11.8 Å². The number of nitrogens with one attached hydrogen (secondary N) is 1. The van der Waals surface area contributed by atoms with Crippen LogP contribution in [0.15, 0.2) is 47.8 Å². The van der Waals surface area contributed by atoms with Gasteiger partial charge in [-0.2, -0.15) is 5.10 Å². The van der Waals surface area contributed by atoms with Crippen molar-refractivity contribution in [3.05, 3.63) is 59.4 Å². The normalized spacial score (nSPS) is 10.6. The van der Waals surface area contributed by atoms with Gasteiger partial charge in [-0.05, 0) is 36.8 Å². The Labute approximate surface area is 110 Å². The summed E-state index contributed by atoms with van der Waals surface area (Å²) < 4.78 is 0. The molecule has 0 bridgehead atoms. The fourth-order valence-corrected chi connectivity index (χ4v) is 1.48. The Hall–Kier alpha value is -2.69. The number of aryl methyl sites for hydroxylation is 1. The minimum Gasteiger partial charge on any atom is -0.507 e. The fourth-order valence-electron chi connectivity index (χ4n) is 1.48. The number of carbonyl (C=O) groups is 1. The molecular formula is C14H13N3O2. The largest absolute Gasteiger partial charge is 0.507 e. The second-order valence-corrected chi connectivity index (χ2v) is 4.00. The first-order valence-electron chi connectivity index (χ1n) is 5.70. The summed E-state index contributed by atoms with van der Waals surface area (Å²) in [5, 5.41) is 13.5. The third-order valence-corrected chi connectivity index (χ3v) is 2.48. The first kappa shape index (κ1) is 12.8. The molecule has 1 aromatic carbocycles. The van der Waals surface area contributed by atoms with E-state index >= 15 is 0 Å². The predicted octanol–water partition coefficient (Wildman–Crippen LogP) is 1.86. The average molecular weight is 255 g/mol. The molecule has 19 heavy (non-hydrogen) atoms. The summed E-state index contributed by atoms with van der Waals surface area (Å²) in [4.78, 5) is 15.5. The molecule has 2 rings (SSSR count). The van der Waals surface area contributed by atoms with Gasteiger partial charge < -0.3 is 5.11 Å². The van der Waals surface area contributed by atoms with Crippen molar-refractivity contribution in [2.24, 2.45) is 5.10 Å². The lowest BCUT2D eigenvalue weighted by atomic mass is 10.1. The SMILES string of the molecule is Cc1ccc(/C=N/NC(=O)c2cccnc2)c(O)c1. The van der Waals surface area contributed by atoms with E-state index in [1.165, 1.54) is 12.4 Å². The highest BCUT2D eigenvalue weighted by atomic mass is 16.3. The smallest absolute Gasteiger partial charge is 0.272 e. The van der Waals surface area contributed by atoms with Gasteiger partial charge in [-0.3, -0.25) is 9.78 Å². The number of aromatic nitrogens is 1. The number of aromatic hydroxyl groups is 1. The van der Waals surface area contributed by atoms with Crippen LogP contribution in [0, 0.1) is 6.92 Å². The van der Waals surface area contributed by atoms with Crippen molar-refractivity contribution < 1.29 is 9.90 Å². The lowest BCUT2D eigenvalue weighted by Gasteiger charge is -2.01. The zero-order chi connectivity index (χ0) is 13.7. The molecule has 1 heterocycles. The van der Waals surface area contributed by atoms with Crippen molar-refractivity contribution in [1.82, 2.24) is 10.4 Å². The second kappa shape index (κ2) is 5.77. The topological polar surface area (TPSA) is 74.6 Å². The summed E-state index contributed by atoms with van der Waals surface area (Å²) in [6.45, 7) is 1.88. The second-order valence-electron chi connectivity index (χ2n) is 4.00. The molecule has 2 N–H and O–H groups in total. The molecule has 1 amide bonds. The number of hydrogen-bond donors (Lipinski definition) is 2. The van der Waals surface area contributed by atoms with Crippen LogP contribution in [-0.2, 0) is 0 Å². The number of nitrogens with zero attached hydrogens (tertiary/aromatic N) is 2. The molecule has 0 aliphatic heterocycles. The van der Waals surface area contributed by atoms with Crippen LogP contribution in [0.2, 0.25) is 0 Å². The third kappa shape index (κ3) is 3.38. The van der Waals surface area contributed by atoms with E-state index in [1.807, 2.05) is 13.0 Å². The molecule has 0 saturated carbocycles. The minimum absolute atomic E-state index is 0.124. The maximum atomic E-state index is 11.6. The maximum absolute atomic E-state index is 11.6. The third-order valence-electron chi connectivity index (χ3n) is 2.48. The minimum atomic E-state index is -0.351. The zero-order valence-electron chi connectivity index (χ0n) is 10.4. The van der Waals surface area contributed by atoms with Crippen molar-refractivity contribution in [2.45, 2.75) is 6.92 Å². The van der Waals surface area contributed by atoms with Gasteiger partial charge in [0.2, 0.25) is 0 Å². The van der Waals surface area contributed by atoms with E-state index in [2.05, 4.69) is 15.5 Å². The van der Waals surface area contributed by atoms with E-state index in [0.29, 0.717) is 11.1 Å².